The molecule has 1 heterocycles. The van der Waals surface area contributed by atoms with E-state index in [1.807, 2.05) is 46.4 Å². The molecular weight excluding hydrogens is 268 g/mol. The second-order valence-corrected chi connectivity index (χ2v) is 7.89. The van der Waals surface area contributed by atoms with Gasteiger partial charge >= 0.3 is 6.09 Å². The van der Waals surface area contributed by atoms with Crippen LogP contribution in [0.2, 0.25) is 0 Å². The number of piperidine rings is 1. The first-order valence-electron chi connectivity index (χ1n) is 7.67. The van der Waals surface area contributed by atoms with Crippen molar-refractivity contribution < 1.29 is 14.3 Å². The zero-order valence-corrected chi connectivity index (χ0v) is 14.5. The van der Waals surface area contributed by atoms with Crippen molar-refractivity contribution in [2.75, 3.05) is 20.1 Å². The summed E-state index contributed by atoms with van der Waals surface area (Å²) in [5, 5.41) is 0. The van der Waals surface area contributed by atoms with Crippen molar-refractivity contribution in [3.05, 3.63) is 0 Å². The molecule has 0 spiro atoms. The van der Waals surface area contributed by atoms with Crippen LogP contribution in [0.15, 0.2) is 0 Å². The molecule has 0 aliphatic carbocycles. The number of hydrogen-bond donors (Lipinski definition) is 0. The maximum atomic E-state index is 12.4. The van der Waals surface area contributed by atoms with Gasteiger partial charge in [0.2, 0.25) is 5.91 Å². The van der Waals surface area contributed by atoms with Gasteiger partial charge in [-0.1, -0.05) is 20.8 Å². The van der Waals surface area contributed by atoms with E-state index in [2.05, 4.69) is 0 Å². The highest BCUT2D eigenvalue weighted by Crippen LogP contribution is 2.23. The fourth-order valence-corrected chi connectivity index (χ4v) is 2.41. The van der Waals surface area contributed by atoms with Crippen molar-refractivity contribution in [2.45, 2.75) is 66.0 Å². The lowest BCUT2D eigenvalue weighted by atomic mass is 9.93. The van der Waals surface area contributed by atoms with Crippen LogP contribution < -0.4 is 0 Å². The molecule has 0 unspecified atom stereocenters. The Hall–Kier alpha value is -1.26. The van der Waals surface area contributed by atoms with Crippen LogP contribution in [0.3, 0.4) is 0 Å². The summed E-state index contributed by atoms with van der Waals surface area (Å²) in [6, 6.07) is 0.0277. The SMILES string of the molecule is CN(C(=O)OC(C)(C)C)[C@H]1CCCN(C(=O)C(C)(C)C)C1. The van der Waals surface area contributed by atoms with Gasteiger partial charge in [-0.05, 0) is 33.6 Å². The summed E-state index contributed by atoms with van der Waals surface area (Å²) in [7, 11) is 1.75. The smallest absolute Gasteiger partial charge is 0.410 e. The van der Waals surface area contributed by atoms with Gasteiger partial charge in [0.15, 0.2) is 0 Å². The third-order valence-corrected chi connectivity index (χ3v) is 3.55. The lowest BCUT2D eigenvalue weighted by Crippen LogP contribution is -2.53. The number of rotatable bonds is 1. The predicted octanol–water partition coefficient (Wildman–Crippen LogP) is 2.89. The molecule has 0 radical (unpaired) electrons. The van der Waals surface area contributed by atoms with E-state index in [0.717, 1.165) is 19.4 Å². The molecule has 1 aliphatic rings. The molecule has 21 heavy (non-hydrogen) atoms. The van der Waals surface area contributed by atoms with E-state index in [-0.39, 0.29) is 23.5 Å². The Labute approximate surface area is 128 Å². The summed E-state index contributed by atoms with van der Waals surface area (Å²) in [5.74, 6) is 0.143. The fraction of sp³-hybridized carbons (Fsp3) is 0.875. The largest absolute Gasteiger partial charge is 0.444 e. The third-order valence-electron chi connectivity index (χ3n) is 3.55. The molecule has 5 nitrogen and oxygen atoms in total. The van der Waals surface area contributed by atoms with E-state index in [0.29, 0.717) is 6.54 Å². The van der Waals surface area contributed by atoms with E-state index >= 15 is 0 Å². The minimum absolute atomic E-state index is 0.0277. The summed E-state index contributed by atoms with van der Waals surface area (Å²) in [4.78, 5) is 28.0. The molecule has 0 aromatic rings. The summed E-state index contributed by atoms with van der Waals surface area (Å²) >= 11 is 0. The monoisotopic (exact) mass is 298 g/mol. The Balaban J connectivity index is 2.68. The lowest BCUT2D eigenvalue weighted by molar-refractivity contribution is -0.141. The van der Waals surface area contributed by atoms with Crippen molar-refractivity contribution in [1.29, 1.82) is 0 Å². The maximum absolute atomic E-state index is 12.4. The third kappa shape index (κ3) is 5.21. The maximum Gasteiger partial charge on any atom is 0.410 e. The van der Waals surface area contributed by atoms with Crippen LogP contribution in [0.4, 0.5) is 4.79 Å². The van der Waals surface area contributed by atoms with Crippen LogP contribution in [-0.4, -0.2) is 53.6 Å². The van der Waals surface area contributed by atoms with Gasteiger partial charge in [-0.3, -0.25) is 4.79 Å². The molecular formula is C16H30N2O3. The fourth-order valence-electron chi connectivity index (χ4n) is 2.41. The summed E-state index contributed by atoms with van der Waals surface area (Å²) < 4.78 is 5.40. The van der Waals surface area contributed by atoms with Crippen molar-refractivity contribution >= 4 is 12.0 Å². The Morgan fingerprint density at radius 1 is 1.14 bits per heavy atom. The zero-order valence-electron chi connectivity index (χ0n) is 14.5. The highest BCUT2D eigenvalue weighted by atomic mass is 16.6. The molecule has 0 N–H and O–H groups in total. The first-order valence-corrected chi connectivity index (χ1v) is 7.67. The lowest BCUT2D eigenvalue weighted by Gasteiger charge is -2.40. The van der Waals surface area contributed by atoms with Gasteiger partial charge in [0.25, 0.3) is 0 Å². The topological polar surface area (TPSA) is 49.9 Å². The molecule has 1 rings (SSSR count). The molecule has 122 valence electrons. The first-order chi connectivity index (χ1) is 9.42. The standard InChI is InChI=1S/C16H30N2O3/c1-15(2,3)13(19)18-10-8-9-12(11-18)17(7)14(20)21-16(4,5)6/h12H,8-11H2,1-7H3/t12-/m0/s1. The summed E-state index contributed by atoms with van der Waals surface area (Å²) in [6.07, 6.45) is 1.50. The van der Waals surface area contributed by atoms with E-state index in [1.54, 1.807) is 11.9 Å². The number of ether oxygens (including phenoxy) is 1. The van der Waals surface area contributed by atoms with Gasteiger partial charge in [-0.25, -0.2) is 4.79 Å². The van der Waals surface area contributed by atoms with Gasteiger partial charge in [0.1, 0.15) is 5.60 Å². The molecule has 0 aromatic heterocycles. The number of nitrogens with zero attached hydrogens (tertiary/aromatic N) is 2. The molecule has 1 aliphatic heterocycles. The van der Waals surface area contributed by atoms with Gasteiger partial charge in [0, 0.05) is 25.6 Å². The summed E-state index contributed by atoms with van der Waals surface area (Å²) in [5.41, 5.74) is -0.882. The Morgan fingerprint density at radius 2 is 1.71 bits per heavy atom. The van der Waals surface area contributed by atoms with E-state index < -0.39 is 5.60 Å². The predicted molar refractivity (Wildman–Crippen MR) is 83.1 cm³/mol. The average molecular weight is 298 g/mol. The second-order valence-electron chi connectivity index (χ2n) is 7.89. The highest BCUT2D eigenvalue weighted by molar-refractivity contribution is 5.81. The zero-order chi connectivity index (χ0) is 16.4. The van der Waals surface area contributed by atoms with Gasteiger partial charge in [0.05, 0.1) is 6.04 Å². The Bertz CT molecular complexity index is 393. The quantitative estimate of drug-likeness (QED) is 0.748. The number of hydrogen-bond acceptors (Lipinski definition) is 3. The molecule has 2 amide bonds. The van der Waals surface area contributed by atoms with Crippen molar-refractivity contribution in [1.82, 2.24) is 9.80 Å². The molecule has 0 bridgehead atoms. The molecule has 1 atom stereocenters. The number of likely N-dealkylation sites (tertiary alicyclic amines) is 1. The first kappa shape index (κ1) is 17.8. The number of carbonyl (C=O) groups is 2. The summed E-state index contributed by atoms with van der Waals surface area (Å²) in [6.45, 7) is 12.7. The van der Waals surface area contributed by atoms with Crippen molar-refractivity contribution in [3.63, 3.8) is 0 Å². The Kier molecular flexibility index (Phi) is 5.29. The number of carbonyl (C=O) groups excluding carboxylic acids is 2. The van der Waals surface area contributed by atoms with Crippen LogP contribution in [0.25, 0.3) is 0 Å². The number of likely N-dealkylation sites (N-methyl/N-ethyl adjacent to an activating group) is 1. The van der Waals surface area contributed by atoms with E-state index in [9.17, 15) is 9.59 Å². The molecule has 1 saturated heterocycles. The minimum atomic E-state index is -0.499. The van der Waals surface area contributed by atoms with Gasteiger partial charge in [-0.15, -0.1) is 0 Å². The van der Waals surface area contributed by atoms with Crippen LogP contribution in [-0.2, 0) is 9.53 Å². The second kappa shape index (κ2) is 6.24. The van der Waals surface area contributed by atoms with Crippen LogP contribution in [0.5, 0.6) is 0 Å². The van der Waals surface area contributed by atoms with E-state index in [1.165, 1.54) is 0 Å². The molecule has 0 saturated carbocycles. The van der Waals surface area contributed by atoms with E-state index in [4.69, 9.17) is 4.74 Å². The molecule has 0 aromatic carbocycles. The van der Waals surface area contributed by atoms with Gasteiger partial charge in [-0.2, -0.15) is 0 Å². The number of amides is 2. The van der Waals surface area contributed by atoms with Crippen molar-refractivity contribution in [3.8, 4) is 0 Å². The normalized spacial score (nSPS) is 20.1. The minimum Gasteiger partial charge on any atom is -0.444 e. The van der Waals surface area contributed by atoms with Crippen LogP contribution in [0, 0.1) is 5.41 Å². The highest BCUT2D eigenvalue weighted by Gasteiger charge is 2.34. The molecule has 5 heteroatoms. The van der Waals surface area contributed by atoms with Gasteiger partial charge < -0.3 is 14.5 Å². The molecule has 1 fully saturated rings. The average Bonchev–Trinajstić information content (AvgIpc) is 2.34. The van der Waals surface area contributed by atoms with Crippen molar-refractivity contribution in [2.24, 2.45) is 5.41 Å². The van der Waals surface area contributed by atoms with Crippen LogP contribution >= 0.6 is 0 Å². The Morgan fingerprint density at radius 3 is 2.19 bits per heavy atom. The van der Waals surface area contributed by atoms with Crippen LogP contribution in [0.1, 0.15) is 54.4 Å².